The van der Waals surface area contributed by atoms with Crippen molar-refractivity contribution in [2.24, 2.45) is 0 Å². The monoisotopic (exact) mass is 289 g/mol. The maximum atomic E-state index is 12.0. The Kier molecular flexibility index (Phi) is 5.75. The van der Waals surface area contributed by atoms with Crippen molar-refractivity contribution in [3.8, 4) is 0 Å². The molecule has 21 heavy (non-hydrogen) atoms. The number of carbonyl (C=O) groups excluding carboxylic acids is 2. The molecular weight excluding hydrogens is 266 g/mol. The molecule has 1 fully saturated rings. The van der Waals surface area contributed by atoms with Gasteiger partial charge < -0.3 is 15.5 Å². The molecule has 1 aromatic rings. The van der Waals surface area contributed by atoms with Gasteiger partial charge in [0.15, 0.2) is 0 Å². The van der Waals surface area contributed by atoms with E-state index in [1.54, 1.807) is 0 Å². The lowest BCUT2D eigenvalue weighted by Gasteiger charge is -2.31. The second kappa shape index (κ2) is 7.78. The van der Waals surface area contributed by atoms with Gasteiger partial charge in [0.1, 0.15) is 0 Å². The smallest absolute Gasteiger partial charge is 0.241 e. The summed E-state index contributed by atoms with van der Waals surface area (Å²) in [7, 11) is 1.95. The summed E-state index contributed by atoms with van der Waals surface area (Å²) in [5, 5.41) is 5.94. The fraction of sp³-hybridized carbons (Fsp3) is 0.500. The number of rotatable bonds is 5. The number of hydrogen-bond acceptors (Lipinski definition) is 3. The molecule has 0 saturated carbocycles. The van der Waals surface area contributed by atoms with Gasteiger partial charge >= 0.3 is 0 Å². The van der Waals surface area contributed by atoms with Crippen molar-refractivity contribution >= 4 is 11.8 Å². The Balaban J connectivity index is 1.70. The van der Waals surface area contributed by atoms with Crippen LogP contribution in [0.1, 0.15) is 18.4 Å². The average Bonchev–Trinajstić information content (AvgIpc) is 2.53. The minimum atomic E-state index is -0.111. The summed E-state index contributed by atoms with van der Waals surface area (Å²) in [6.45, 7) is 1.62. The quantitative estimate of drug-likeness (QED) is 0.832. The number of likely N-dealkylation sites (tertiary alicyclic amines) is 1. The molecule has 1 saturated heterocycles. The van der Waals surface area contributed by atoms with Crippen LogP contribution in [0, 0.1) is 0 Å². The van der Waals surface area contributed by atoms with Crippen LogP contribution in [0.5, 0.6) is 0 Å². The van der Waals surface area contributed by atoms with Crippen LogP contribution in [0.25, 0.3) is 0 Å². The van der Waals surface area contributed by atoms with Crippen molar-refractivity contribution in [2.75, 3.05) is 26.7 Å². The first-order valence-corrected chi connectivity index (χ1v) is 7.44. The molecule has 0 atom stereocenters. The predicted octanol–water partition coefficient (Wildman–Crippen LogP) is 0.556. The highest BCUT2D eigenvalue weighted by Crippen LogP contribution is 2.09. The molecule has 1 aliphatic heterocycles. The van der Waals surface area contributed by atoms with Crippen molar-refractivity contribution < 1.29 is 9.59 Å². The molecule has 1 aromatic carbocycles. The lowest BCUT2D eigenvalue weighted by atomic mass is 10.1. The normalized spacial score (nSPS) is 15.8. The molecule has 1 aliphatic rings. The van der Waals surface area contributed by atoms with Crippen LogP contribution in [0.2, 0.25) is 0 Å². The number of carbonyl (C=O) groups is 2. The summed E-state index contributed by atoms with van der Waals surface area (Å²) in [6.07, 6.45) is 2.26. The molecule has 0 spiro atoms. The fourth-order valence-corrected chi connectivity index (χ4v) is 2.55. The Bertz CT molecular complexity index is 468. The molecule has 1 heterocycles. The van der Waals surface area contributed by atoms with Crippen LogP contribution >= 0.6 is 0 Å². The number of benzene rings is 1. The van der Waals surface area contributed by atoms with Crippen LogP contribution in [0.3, 0.4) is 0 Å². The van der Waals surface area contributed by atoms with E-state index in [0.29, 0.717) is 12.5 Å². The molecule has 0 aromatic heterocycles. The van der Waals surface area contributed by atoms with E-state index in [0.717, 1.165) is 31.5 Å². The standard InChI is InChI=1S/C16H23N3O2/c1-17-14-7-9-19(10-8-14)16(21)12-18-15(20)11-13-5-3-2-4-6-13/h2-6,14,17H,7-12H2,1H3,(H,18,20). The molecule has 114 valence electrons. The minimum Gasteiger partial charge on any atom is -0.347 e. The van der Waals surface area contributed by atoms with E-state index in [1.807, 2.05) is 42.3 Å². The summed E-state index contributed by atoms with van der Waals surface area (Å²) >= 11 is 0. The number of hydrogen-bond donors (Lipinski definition) is 2. The lowest BCUT2D eigenvalue weighted by molar-refractivity contribution is -0.133. The van der Waals surface area contributed by atoms with E-state index >= 15 is 0 Å². The summed E-state index contributed by atoms with van der Waals surface area (Å²) in [5.41, 5.74) is 0.956. The molecular formula is C16H23N3O2. The van der Waals surface area contributed by atoms with Gasteiger partial charge in [-0.15, -0.1) is 0 Å². The van der Waals surface area contributed by atoms with Crippen molar-refractivity contribution in [2.45, 2.75) is 25.3 Å². The van der Waals surface area contributed by atoms with E-state index in [9.17, 15) is 9.59 Å². The molecule has 0 radical (unpaired) electrons. The average molecular weight is 289 g/mol. The van der Waals surface area contributed by atoms with Gasteiger partial charge in [-0.25, -0.2) is 0 Å². The molecule has 0 aliphatic carbocycles. The van der Waals surface area contributed by atoms with Gasteiger partial charge in [-0.1, -0.05) is 30.3 Å². The van der Waals surface area contributed by atoms with Crippen LogP contribution in [-0.4, -0.2) is 49.4 Å². The first kappa shape index (κ1) is 15.5. The SMILES string of the molecule is CNC1CCN(C(=O)CNC(=O)Cc2ccccc2)CC1. The van der Waals surface area contributed by atoms with Crippen LogP contribution < -0.4 is 10.6 Å². The first-order valence-electron chi connectivity index (χ1n) is 7.44. The molecule has 0 unspecified atom stereocenters. The molecule has 2 N–H and O–H groups in total. The zero-order chi connectivity index (χ0) is 15.1. The Morgan fingerprint density at radius 1 is 1.19 bits per heavy atom. The maximum Gasteiger partial charge on any atom is 0.241 e. The van der Waals surface area contributed by atoms with Crippen molar-refractivity contribution in [1.29, 1.82) is 0 Å². The van der Waals surface area contributed by atoms with Crippen LogP contribution in [0.4, 0.5) is 0 Å². The van der Waals surface area contributed by atoms with Gasteiger partial charge in [0, 0.05) is 19.1 Å². The van der Waals surface area contributed by atoms with Crippen molar-refractivity contribution in [1.82, 2.24) is 15.5 Å². The zero-order valence-corrected chi connectivity index (χ0v) is 12.5. The highest BCUT2D eigenvalue weighted by atomic mass is 16.2. The summed E-state index contributed by atoms with van der Waals surface area (Å²) in [4.78, 5) is 25.7. The van der Waals surface area contributed by atoms with Crippen LogP contribution in [-0.2, 0) is 16.0 Å². The van der Waals surface area contributed by atoms with Crippen molar-refractivity contribution in [3.05, 3.63) is 35.9 Å². The van der Waals surface area contributed by atoms with E-state index in [4.69, 9.17) is 0 Å². The van der Waals surface area contributed by atoms with E-state index in [2.05, 4.69) is 10.6 Å². The Morgan fingerprint density at radius 2 is 1.86 bits per heavy atom. The Hall–Kier alpha value is -1.88. The van der Waals surface area contributed by atoms with Gasteiger partial charge in [0.05, 0.1) is 13.0 Å². The summed E-state index contributed by atoms with van der Waals surface area (Å²) < 4.78 is 0. The fourth-order valence-electron chi connectivity index (χ4n) is 2.55. The Morgan fingerprint density at radius 3 is 2.48 bits per heavy atom. The highest BCUT2D eigenvalue weighted by Gasteiger charge is 2.21. The maximum absolute atomic E-state index is 12.0. The number of piperidine rings is 1. The Labute approximate surface area is 125 Å². The van der Waals surface area contributed by atoms with Gasteiger partial charge in [-0.05, 0) is 25.5 Å². The lowest BCUT2D eigenvalue weighted by Crippen LogP contribution is -2.47. The van der Waals surface area contributed by atoms with E-state index in [-0.39, 0.29) is 18.4 Å². The van der Waals surface area contributed by atoms with E-state index in [1.165, 1.54) is 0 Å². The van der Waals surface area contributed by atoms with Gasteiger partial charge in [0.25, 0.3) is 0 Å². The largest absolute Gasteiger partial charge is 0.347 e. The van der Waals surface area contributed by atoms with Gasteiger partial charge in [-0.2, -0.15) is 0 Å². The van der Waals surface area contributed by atoms with Gasteiger partial charge in [-0.3, -0.25) is 9.59 Å². The number of amides is 2. The number of nitrogens with one attached hydrogen (secondary N) is 2. The molecule has 5 nitrogen and oxygen atoms in total. The molecule has 2 amide bonds. The predicted molar refractivity (Wildman–Crippen MR) is 81.8 cm³/mol. The molecule has 0 bridgehead atoms. The second-order valence-corrected chi connectivity index (χ2v) is 5.38. The third kappa shape index (κ3) is 4.86. The van der Waals surface area contributed by atoms with E-state index < -0.39 is 0 Å². The summed E-state index contributed by atoms with van der Waals surface area (Å²) in [6, 6.07) is 10.0. The third-order valence-electron chi connectivity index (χ3n) is 3.90. The minimum absolute atomic E-state index is 0.00552. The molecule has 2 rings (SSSR count). The van der Waals surface area contributed by atoms with Crippen LogP contribution in [0.15, 0.2) is 30.3 Å². The molecule has 5 heteroatoms. The topological polar surface area (TPSA) is 61.4 Å². The first-order chi connectivity index (χ1) is 10.2. The van der Waals surface area contributed by atoms with Crippen molar-refractivity contribution in [3.63, 3.8) is 0 Å². The third-order valence-corrected chi connectivity index (χ3v) is 3.90. The number of nitrogens with zero attached hydrogens (tertiary/aromatic N) is 1. The van der Waals surface area contributed by atoms with Gasteiger partial charge in [0.2, 0.25) is 11.8 Å². The summed E-state index contributed by atoms with van der Waals surface area (Å²) in [5.74, 6) is -0.106. The zero-order valence-electron chi connectivity index (χ0n) is 12.5. The highest BCUT2D eigenvalue weighted by molar-refractivity contribution is 5.85. The second-order valence-electron chi connectivity index (χ2n) is 5.38.